The van der Waals surface area contributed by atoms with Gasteiger partial charge in [0.15, 0.2) is 0 Å². The van der Waals surface area contributed by atoms with Gasteiger partial charge in [-0.05, 0) is 37.8 Å². The van der Waals surface area contributed by atoms with Crippen molar-refractivity contribution in [2.24, 2.45) is 11.8 Å². The van der Waals surface area contributed by atoms with Gasteiger partial charge in [-0.15, -0.1) is 0 Å². The van der Waals surface area contributed by atoms with Crippen molar-refractivity contribution in [2.45, 2.75) is 51.0 Å². The standard InChI is InChI=1S/C23H30N2O5/c1-29-15-9-10-18(20(14-15)30-2)19-8-5-12-24(19)21(26)11-13-25-22(27)16-6-3-4-7-17(16)23(25)28/h9-10,14,16-17,19H,3-8,11-13H2,1-2H3/t16-,17-,19-/m0/s1. The van der Waals surface area contributed by atoms with Crippen molar-refractivity contribution in [3.05, 3.63) is 23.8 Å². The molecule has 1 aromatic carbocycles. The summed E-state index contributed by atoms with van der Waals surface area (Å²) in [6.45, 7) is 0.859. The molecule has 2 aliphatic heterocycles. The highest BCUT2D eigenvalue weighted by Gasteiger charge is 2.48. The van der Waals surface area contributed by atoms with Crippen molar-refractivity contribution in [1.82, 2.24) is 9.80 Å². The summed E-state index contributed by atoms with van der Waals surface area (Å²) in [7, 11) is 3.22. The topological polar surface area (TPSA) is 76.2 Å². The zero-order valence-corrected chi connectivity index (χ0v) is 17.8. The Morgan fingerprint density at radius 3 is 2.33 bits per heavy atom. The van der Waals surface area contributed by atoms with E-state index in [0.717, 1.165) is 44.1 Å². The number of rotatable bonds is 6. The molecule has 3 aliphatic rings. The van der Waals surface area contributed by atoms with Crippen LogP contribution in [0.5, 0.6) is 11.5 Å². The highest BCUT2D eigenvalue weighted by Crippen LogP contribution is 2.40. The summed E-state index contributed by atoms with van der Waals surface area (Å²) < 4.78 is 10.8. The number of ether oxygens (including phenoxy) is 2. The molecule has 7 nitrogen and oxygen atoms in total. The number of imide groups is 1. The first kappa shape index (κ1) is 20.7. The number of fused-ring (bicyclic) bond motifs is 1. The Hall–Kier alpha value is -2.57. The largest absolute Gasteiger partial charge is 0.497 e. The molecule has 1 aromatic rings. The number of carbonyl (C=O) groups excluding carboxylic acids is 3. The van der Waals surface area contributed by atoms with Crippen LogP contribution in [0.1, 0.15) is 56.6 Å². The summed E-state index contributed by atoms with van der Waals surface area (Å²) in [6.07, 6.45) is 5.55. The number of hydrogen-bond donors (Lipinski definition) is 0. The van der Waals surface area contributed by atoms with Crippen LogP contribution >= 0.6 is 0 Å². The normalized spacial score (nSPS) is 26.1. The van der Waals surface area contributed by atoms with Crippen LogP contribution in [-0.2, 0) is 14.4 Å². The third kappa shape index (κ3) is 3.66. The van der Waals surface area contributed by atoms with Crippen LogP contribution in [0.15, 0.2) is 18.2 Å². The van der Waals surface area contributed by atoms with Crippen LogP contribution in [-0.4, -0.2) is 54.8 Å². The van der Waals surface area contributed by atoms with Crippen molar-refractivity contribution in [3.8, 4) is 11.5 Å². The van der Waals surface area contributed by atoms with E-state index >= 15 is 0 Å². The van der Waals surface area contributed by atoms with Crippen LogP contribution < -0.4 is 9.47 Å². The SMILES string of the molecule is COc1ccc([C@@H]2CCCN2C(=O)CCN2C(=O)[C@H]3CCCC[C@@H]3C2=O)c(OC)c1. The van der Waals surface area contributed by atoms with Crippen LogP contribution in [0.25, 0.3) is 0 Å². The lowest BCUT2D eigenvalue weighted by Crippen LogP contribution is -2.37. The van der Waals surface area contributed by atoms with E-state index in [1.165, 1.54) is 4.90 Å². The fourth-order valence-electron chi connectivity index (χ4n) is 5.28. The average Bonchev–Trinajstić information content (AvgIpc) is 3.36. The van der Waals surface area contributed by atoms with Crippen molar-refractivity contribution in [3.63, 3.8) is 0 Å². The third-order valence-corrected chi connectivity index (χ3v) is 6.85. The van der Waals surface area contributed by atoms with Gasteiger partial charge in [-0.25, -0.2) is 0 Å². The number of likely N-dealkylation sites (tertiary alicyclic amines) is 2. The summed E-state index contributed by atoms with van der Waals surface area (Å²) in [5, 5.41) is 0. The number of amides is 3. The zero-order valence-electron chi connectivity index (χ0n) is 17.8. The van der Waals surface area contributed by atoms with Crippen LogP contribution in [0.4, 0.5) is 0 Å². The number of nitrogens with zero attached hydrogens (tertiary/aromatic N) is 2. The molecule has 2 saturated heterocycles. The first-order chi connectivity index (χ1) is 14.5. The lowest BCUT2D eigenvalue weighted by atomic mass is 9.81. The first-order valence-corrected chi connectivity index (χ1v) is 10.9. The highest BCUT2D eigenvalue weighted by molar-refractivity contribution is 6.05. The molecule has 3 atom stereocenters. The molecule has 3 amide bonds. The monoisotopic (exact) mass is 414 g/mol. The van der Waals surface area contributed by atoms with Gasteiger partial charge in [0.1, 0.15) is 11.5 Å². The molecule has 0 bridgehead atoms. The number of carbonyl (C=O) groups is 3. The molecule has 162 valence electrons. The third-order valence-electron chi connectivity index (χ3n) is 6.85. The molecule has 0 aromatic heterocycles. The van der Waals surface area contributed by atoms with Crippen LogP contribution in [0.2, 0.25) is 0 Å². The molecule has 30 heavy (non-hydrogen) atoms. The van der Waals surface area contributed by atoms with Gasteiger partial charge in [0.05, 0.1) is 32.1 Å². The predicted molar refractivity (Wildman–Crippen MR) is 110 cm³/mol. The minimum absolute atomic E-state index is 0.0224. The Balaban J connectivity index is 1.43. The van der Waals surface area contributed by atoms with Crippen LogP contribution in [0, 0.1) is 11.8 Å². The molecule has 0 N–H and O–H groups in total. The lowest BCUT2D eigenvalue weighted by molar-refractivity contribution is -0.141. The van der Waals surface area contributed by atoms with E-state index in [1.54, 1.807) is 14.2 Å². The fraction of sp³-hybridized carbons (Fsp3) is 0.609. The minimum atomic E-state index is -0.163. The molecule has 2 heterocycles. The van der Waals surface area contributed by atoms with Crippen molar-refractivity contribution in [2.75, 3.05) is 27.3 Å². The average molecular weight is 415 g/mol. The second-order valence-corrected chi connectivity index (χ2v) is 8.43. The Bertz CT molecular complexity index is 815. The number of methoxy groups -OCH3 is 2. The Morgan fingerprint density at radius 1 is 1.00 bits per heavy atom. The maximum absolute atomic E-state index is 13.0. The molecule has 3 fully saturated rings. The van der Waals surface area contributed by atoms with E-state index in [4.69, 9.17) is 9.47 Å². The summed E-state index contributed by atoms with van der Waals surface area (Å²) in [4.78, 5) is 41.6. The van der Waals surface area contributed by atoms with E-state index in [0.29, 0.717) is 18.0 Å². The van der Waals surface area contributed by atoms with Crippen LogP contribution in [0.3, 0.4) is 0 Å². The predicted octanol–water partition coefficient (Wildman–Crippen LogP) is 2.93. The summed E-state index contributed by atoms with van der Waals surface area (Å²) in [6, 6.07) is 5.60. The van der Waals surface area contributed by atoms with Crippen molar-refractivity contribution in [1.29, 1.82) is 0 Å². The van der Waals surface area contributed by atoms with Gasteiger partial charge in [0.2, 0.25) is 17.7 Å². The smallest absolute Gasteiger partial charge is 0.233 e. The van der Waals surface area contributed by atoms with Crippen molar-refractivity contribution < 1.29 is 23.9 Å². The van der Waals surface area contributed by atoms with E-state index in [-0.39, 0.29) is 48.6 Å². The molecule has 0 unspecified atom stereocenters. The lowest BCUT2D eigenvalue weighted by Gasteiger charge is -2.27. The van der Waals surface area contributed by atoms with Gasteiger partial charge >= 0.3 is 0 Å². The highest BCUT2D eigenvalue weighted by atomic mass is 16.5. The van der Waals surface area contributed by atoms with E-state index < -0.39 is 0 Å². The maximum Gasteiger partial charge on any atom is 0.233 e. The van der Waals surface area contributed by atoms with Gasteiger partial charge in [-0.1, -0.05) is 12.8 Å². The quantitative estimate of drug-likeness (QED) is 0.669. The van der Waals surface area contributed by atoms with E-state index in [9.17, 15) is 14.4 Å². The Kier molecular flexibility index (Phi) is 5.97. The molecular weight excluding hydrogens is 384 g/mol. The van der Waals surface area contributed by atoms with Crippen molar-refractivity contribution >= 4 is 17.7 Å². The summed E-state index contributed by atoms with van der Waals surface area (Å²) in [5.74, 6) is 0.909. The minimum Gasteiger partial charge on any atom is -0.497 e. The Labute approximate surface area is 177 Å². The fourth-order valence-corrected chi connectivity index (χ4v) is 5.28. The summed E-state index contributed by atoms with van der Waals surface area (Å²) in [5.41, 5.74) is 0.962. The summed E-state index contributed by atoms with van der Waals surface area (Å²) >= 11 is 0. The molecule has 1 saturated carbocycles. The van der Waals surface area contributed by atoms with Gasteiger partial charge in [-0.3, -0.25) is 19.3 Å². The maximum atomic E-state index is 13.0. The Morgan fingerprint density at radius 2 is 1.70 bits per heavy atom. The first-order valence-electron chi connectivity index (χ1n) is 10.9. The van der Waals surface area contributed by atoms with Gasteiger partial charge < -0.3 is 14.4 Å². The molecule has 7 heteroatoms. The molecular formula is C23H30N2O5. The second kappa shape index (κ2) is 8.66. The zero-order chi connectivity index (χ0) is 21.3. The van der Waals surface area contributed by atoms with E-state index in [2.05, 4.69) is 0 Å². The molecule has 0 spiro atoms. The molecule has 0 radical (unpaired) electrons. The number of benzene rings is 1. The van der Waals surface area contributed by atoms with Gasteiger partial charge in [0, 0.05) is 31.1 Å². The second-order valence-electron chi connectivity index (χ2n) is 8.43. The molecule has 1 aliphatic carbocycles. The van der Waals surface area contributed by atoms with E-state index in [1.807, 2.05) is 23.1 Å². The molecule has 4 rings (SSSR count). The number of hydrogen-bond acceptors (Lipinski definition) is 5. The van der Waals surface area contributed by atoms with Gasteiger partial charge in [-0.2, -0.15) is 0 Å². The van der Waals surface area contributed by atoms with Gasteiger partial charge in [0.25, 0.3) is 0 Å².